The van der Waals surface area contributed by atoms with Crippen molar-refractivity contribution in [3.63, 3.8) is 0 Å². The van der Waals surface area contributed by atoms with Crippen LogP contribution in [0.5, 0.6) is 0 Å². The summed E-state index contributed by atoms with van der Waals surface area (Å²) in [6, 6.07) is 27.8. The van der Waals surface area contributed by atoms with Crippen LogP contribution in [0.2, 0.25) is 5.02 Å². The average molecular weight is 564 g/mol. The van der Waals surface area contributed by atoms with E-state index in [2.05, 4.69) is 0 Å². The van der Waals surface area contributed by atoms with Crippen molar-refractivity contribution in [2.75, 3.05) is 0 Å². The van der Waals surface area contributed by atoms with E-state index in [0.717, 1.165) is 38.3 Å². The molecule has 0 N–H and O–H groups in total. The van der Waals surface area contributed by atoms with Crippen molar-refractivity contribution in [2.24, 2.45) is 11.8 Å². The molecule has 0 saturated carbocycles. The highest BCUT2D eigenvalue weighted by atomic mass is 35.5. The zero-order chi connectivity index (χ0) is 28.4. The lowest BCUT2D eigenvalue weighted by Gasteiger charge is -2.45. The summed E-state index contributed by atoms with van der Waals surface area (Å²) in [6.07, 6.45) is 0. The van der Waals surface area contributed by atoms with Crippen molar-refractivity contribution in [1.29, 1.82) is 0 Å². The number of hydrogen-bond donors (Lipinski definition) is 0. The van der Waals surface area contributed by atoms with Crippen LogP contribution < -0.4 is 0 Å². The number of carbonyl (C=O) groups is 3. The maximum Gasteiger partial charge on any atom is 0.273 e. The SMILES string of the molecule is O=C(c1cccc([N+](=O)[O-])c1)N(Cc1ccc(Cl)cc1)N1C(=O)[C@@H]2C3c4ccccc4C(c4ccccc43)[C@@H]2C1=O. The smallest absolute Gasteiger partial charge is 0.272 e. The minimum atomic E-state index is -0.689. The molecule has 1 aliphatic heterocycles. The minimum Gasteiger partial charge on any atom is -0.272 e. The number of imide groups is 1. The molecule has 0 radical (unpaired) electrons. The van der Waals surface area contributed by atoms with Gasteiger partial charge in [-0.3, -0.25) is 24.5 Å². The molecule has 2 atom stereocenters. The van der Waals surface area contributed by atoms with Crippen molar-refractivity contribution >= 4 is 35.0 Å². The summed E-state index contributed by atoms with van der Waals surface area (Å²) in [5.74, 6) is -3.61. The summed E-state index contributed by atoms with van der Waals surface area (Å²) in [4.78, 5) is 53.6. The number of benzene rings is 4. The van der Waals surface area contributed by atoms with Gasteiger partial charge in [0.1, 0.15) is 0 Å². The number of halogens is 1. The molecule has 0 spiro atoms. The van der Waals surface area contributed by atoms with Crippen LogP contribution >= 0.6 is 11.6 Å². The standard InChI is InChI=1S/C32H22ClN3O5/c33-20-14-12-18(13-15-20)17-34(30(37)19-6-5-7-21(16-19)36(40)41)35-31(38)28-26-22-8-1-2-9-23(22)27(29(28)32(35)39)25-11-4-3-10-24(25)26/h1-16,26-29H,17H2/t26?,27?,28-,29+. The van der Waals surface area contributed by atoms with Gasteiger partial charge in [-0.05, 0) is 46.0 Å². The fourth-order valence-electron chi connectivity index (χ4n) is 6.80. The predicted molar refractivity (Wildman–Crippen MR) is 150 cm³/mol. The summed E-state index contributed by atoms with van der Waals surface area (Å²) < 4.78 is 0. The van der Waals surface area contributed by atoms with Gasteiger partial charge in [-0.1, -0.05) is 78.3 Å². The number of nitro benzene ring substituents is 1. The van der Waals surface area contributed by atoms with E-state index in [4.69, 9.17) is 11.6 Å². The van der Waals surface area contributed by atoms with Gasteiger partial charge in [-0.15, -0.1) is 0 Å². The Morgan fingerprint density at radius 2 is 1.29 bits per heavy atom. The number of nitro groups is 1. The van der Waals surface area contributed by atoms with E-state index in [1.54, 1.807) is 24.3 Å². The number of nitrogens with zero attached hydrogens (tertiary/aromatic N) is 3. The third-order valence-electron chi connectivity index (χ3n) is 8.45. The molecule has 3 aliphatic carbocycles. The van der Waals surface area contributed by atoms with Crippen LogP contribution in [0.1, 0.15) is 50.0 Å². The summed E-state index contributed by atoms with van der Waals surface area (Å²) >= 11 is 6.07. The third-order valence-corrected chi connectivity index (χ3v) is 8.70. The van der Waals surface area contributed by atoms with Crippen LogP contribution in [0.3, 0.4) is 0 Å². The molecule has 4 aliphatic rings. The van der Waals surface area contributed by atoms with Gasteiger partial charge in [0.25, 0.3) is 23.4 Å². The van der Waals surface area contributed by atoms with E-state index >= 15 is 0 Å². The highest BCUT2D eigenvalue weighted by molar-refractivity contribution is 6.30. The molecule has 1 fully saturated rings. The molecule has 8 nitrogen and oxygen atoms in total. The van der Waals surface area contributed by atoms with E-state index in [-0.39, 0.29) is 29.6 Å². The molecule has 4 aromatic rings. The number of non-ortho nitro benzene ring substituents is 1. The molecule has 202 valence electrons. The first-order valence-corrected chi connectivity index (χ1v) is 13.6. The van der Waals surface area contributed by atoms with Gasteiger partial charge in [0.05, 0.1) is 23.3 Å². The quantitative estimate of drug-likeness (QED) is 0.176. The Hall–Kier alpha value is -4.82. The van der Waals surface area contributed by atoms with Crippen molar-refractivity contribution in [3.05, 3.63) is 146 Å². The lowest BCUT2D eigenvalue weighted by atomic mass is 9.55. The van der Waals surface area contributed by atoms with Gasteiger partial charge < -0.3 is 0 Å². The van der Waals surface area contributed by atoms with Crippen molar-refractivity contribution in [3.8, 4) is 0 Å². The van der Waals surface area contributed by atoms with E-state index in [9.17, 15) is 24.5 Å². The number of amides is 3. The lowest BCUT2D eigenvalue weighted by Crippen LogP contribution is -2.50. The third kappa shape index (κ3) is 3.78. The first-order chi connectivity index (χ1) is 19.8. The summed E-state index contributed by atoms with van der Waals surface area (Å²) in [6.45, 7) is -0.106. The Morgan fingerprint density at radius 3 is 1.78 bits per heavy atom. The van der Waals surface area contributed by atoms with Gasteiger partial charge in [-0.25, -0.2) is 5.01 Å². The Kier molecular flexibility index (Phi) is 5.76. The fourth-order valence-corrected chi connectivity index (χ4v) is 6.92. The molecule has 8 rings (SSSR count). The molecule has 1 saturated heterocycles. The van der Waals surface area contributed by atoms with Crippen LogP contribution in [0, 0.1) is 22.0 Å². The van der Waals surface area contributed by atoms with E-state index in [1.807, 2.05) is 48.5 Å². The zero-order valence-corrected chi connectivity index (χ0v) is 22.3. The fraction of sp³-hybridized carbons (Fsp3) is 0.156. The molecular weight excluding hydrogens is 542 g/mol. The predicted octanol–water partition coefficient (Wildman–Crippen LogP) is 5.70. The molecule has 0 aromatic heterocycles. The Balaban J connectivity index is 1.35. The number of rotatable bonds is 5. The van der Waals surface area contributed by atoms with Crippen LogP contribution in [0.4, 0.5) is 5.69 Å². The Morgan fingerprint density at radius 1 is 0.780 bits per heavy atom. The second-order valence-electron chi connectivity index (χ2n) is 10.5. The van der Waals surface area contributed by atoms with E-state index in [1.165, 1.54) is 18.2 Å². The molecular formula is C32H22ClN3O5. The molecule has 0 unspecified atom stereocenters. The van der Waals surface area contributed by atoms with E-state index in [0.29, 0.717) is 10.6 Å². The van der Waals surface area contributed by atoms with Crippen LogP contribution in [-0.4, -0.2) is 32.7 Å². The average Bonchev–Trinajstić information content (AvgIpc) is 3.26. The van der Waals surface area contributed by atoms with Crippen LogP contribution in [0.25, 0.3) is 0 Å². The first-order valence-electron chi connectivity index (χ1n) is 13.2. The minimum absolute atomic E-state index is 0.00169. The normalized spacial score (nSPS) is 21.7. The monoisotopic (exact) mass is 563 g/mol. The number of hydrazine groups is 1. The summed E-state index contributed by atoms with van der Waals surface area (Å²) in [5.41, 5.74) is 4.46. The van der Waals surface area contributed by atoms with Crippen molar-refractivity contribution < 1.29 is 19.3 Å². The molecule has 9 heteroatoms. The lowest BCUT2D eigenvalue weighted by molar-refractivity contribution is -0.384. The maximum absolute atomic E-state index is 14.3. The maximum atomic E-state index is 14.3. The van der Waals surface area contributed by atoms with Crippen molar-refractivity contribution in [2.45, 2.75) is 18.4 Å². The van der Waals surface area contributed by atoms with Gasteiger partial charge in [0, 0.05) is 34.6 Å². The second-order valence-corrected chi connectivity index (χ2v) is 11.0. The zero-order valence-electron chi connectivity index (χ0n) is 21.5. The van der Waals surface area contributed by atoms with Crippen molar-refractivity contribution in [1.82, 2.24) is 10.0 Å². The summed E-state index contributed by atoms with van der Waals surface area (Å²) in [7, 11) is 0. The van der Waals surface area contributed by atoms with Gasteiger partial charge in [0.2, 0.25) is 0 Å². The van der Waals surface area contributed by atoms with Gasteiger partial charge in [-0.2, -0.15) is 5.01 Å². The molecule has 2 bridgehead atoms. The highest BCUT2D eigenvalue weighted by Crippen LogP contribution is 2.61. The second kappa shape index (κ2) is 9.38. The van der Waals surface area contributed by atoms with Crippen LogP contribution in [-0.2, 0) is 16.1 Å². The number of carbonyl (C=O) groups excluding carboxylic acids is 3. The molecule has 41 heavy (non-hydrogen) atoms. The summed E-state index contributed by atoms with van der Waals surface area (Å²) in [5, 5.41) is 14.1. The first kappa shape index (κ1) is 25.2. The largest absolute Gasteiger partial charge is 0.273 e. The van der Waals surface area contributed by atoms with Gasteiger partial charge >= 0.3 is 0 Å². The van der Waals surface area contributed by atoms with Crippen LogP contribution in [0.15, 0.2) is 97.1 Å². The topological polar surface area (TPSA) is 101 Å². The Labute approximate surface area is 239 Å². The van der Waals surface area contributed by atoms with E-state index < -0.39 is 34.5 Å². The molecule has 3 amide bonds. The van der Waals surface area contributed by atoms with Gasteiger partial charge in [0.15, 0.2) is 0 Å². The highest BCUT2D eigenvalue weighted by Gasteiger charge is 2.63. The molecule has 4 aromatic carbocycles. The molecule has 1 heterocycles. The Bertz CT molecular complexity index is 1660. The number of hydrogen-bond acceptors (Lipinski definition) is 5.